The van der Waals surface area contributed by atoms with Crippen LogP contribution in [0, 0.1) is 18.3 Å². The number of hydrogen-bond donors (Lipinski definition) is 2. The van der Waals surface area contributed by atoms with Gasteiger partial charge in [0, 0.05) is 31.9 Å². The average molecular weight is 469 g/mol. The number of ether oxygens (including phenoxy) is 1. The van der Waals surface area contributed by atoms with E-state index in [0.717, 1.165) is 41.4 Å². The molecule has 0 aliphatic carbocycles. The third-order valence-electron chi connectivity index (χ3n) is 6.51. The SMILES string of the molecule is Cc1cc(-c2cnc3[nH]cc(C(=O)N[C@@H](C)C(C)(C)C)c3n2)sc1C(=O)CC1CCOCC1. The number of Topliss-reactive ketones (excluding diaryl/α,β-unsaturated/α-hetero) is 1. The van der Waals surface area contributed by atoms with E-state index in [1.165, 1.54) is 11.3 Å². The average Bonchev–Trinajstić information content (AvgIpc) is 3.36. The van der Waals surface area contributed by atoms with E-state index in [4.69, 9.17) is 9.72 Å². The minimum Gasteiger partial charge on any atom is -0.381 e. The van der Waals surface area contributed by atoms with Gasteiger partial charge in [0.1, 0.15) is 5.52 Å². The molecule has 0 aromatic carbocycles. The van der Waals surface area contributed by atoms with Crippen LogP contribution in [0.1, 0.15) is 72.6 Å². The highest BCUT2D eigenvalue weighted by Gasteiger charge is 2.25. The third kappa shape index (κ3) is 5.17. The standard InChI is InChI=1S/C25H32N4O3S/c1-14-10-20(33-22(14)19(30)11-16-6-8-32-9-7-16)18-13-27-23-21(29-18)17(12-26-23)24(31)28-15(2)25(3,4)5/h10,12-13,15-16H,6-9,11H2,1-5H3,(H,26,27)(H,28,31)/t15-/m0/s1. The molecule has 33 heavy (non-hydrogen) atoms. The Morgan fingerprint density at radius 3 is 2.73 bits per heavy atom. The number of aromatic amines is 1. The lowest BCUT2D eigenvalue weighted by Gasteiger charge is -2.27. The van der Waals surface area contributed by atoms with Gasteiger partial charge in [-0.25, -0.2) is 9.97 Å². The van der Waals surface area contributed by atoms with Crippen LogP contribution in [-0.4, -0.2) is 45.9 Å². The van der Waals surface area contributed by atoms with Gasteiger partial charge >= 0.3 is 0 Å². The fraction of sp³-hybridized carbons (Fsp3) is 0.520. The number of aromatic nitrogens is 3. The highest BCUT2D eigenvalue weighted by molar-refractivity contribution is 7.17. The smallest absolute Gasteiger partial charge is 0.255 e. The number of rotatable bonds is 6. The molecule has 0 bridgehead atoms. The number of aryl methyl sites for hydroxylation is 1. The summed E-state index contributed by atoms with van der Waals surface area (Å²) in [6.07, 6.45) is 5.79. The summed E-state index contributed by atoms with van der Waals surface area (Å²) in [4.78, 5) is 39.8. The Hall–Kier alpha value is -2.58. The summed E-state index contributed by atoms with van der Waals surface area (Å²) < 4.78 is 5.41. The second-order valence-electron chi connectivity index (χ2n) is 10.0. The van der Waals surface area contributed by atoms with Gasteiger partial charge in [0.05, 0.1) is 27.2 Å². The van der Waals surface area contributed by atoms with Crippen LogP contribution in [0.2, 0.25) is 0 Å². The summed E-state index contributed by atoms with van der Waals surface area (Å²) >= 11 is 1.45. The number of fused-ring (bicyclic) bond motifs is 1. The van der Waals surface area contributed by atoms with Gasteiger partial charge in [-0.3, -0.25) is 9.59 Å². The molecule has 3 aromatic heterocycles. The zero-order valence-electron chi connectivity index (χ0n) is 19.9. The van der Waals surface area contributed by atoms with Crippen LogP contribution in [0.4, 0.5) is 0 Å². The zero-order valence-corrected chi connectivity index (χ0v) is 20.8. The Bertz CT molecular complexity index is 1170. The van der Waals surface area contributed by atoms with Crippen LogP contribution in [0.3, 0.4) is 0 Å². The first-order valence-corrected chi connectivity index (χ1v) is 12.3. The molecule has 4 rings (SSSR count). The molecule has 0 saturated carbocycles. The van der Waals surface area contributed by atoms with Crippen molar-refractivity contribution >= 4 is 34.2 Å². The van der Waals surface area contributed by atoms with Gasteiger partial charge in [-0.2, -0.15) is 0 Å². The van der Waals surface area contributed by atoms with E-state index in [1.807, 2.05) is 19.9 Å². The van der Waals surface area contributed by atoms with Crippen molar-refractivity contribution in [2.45, 2.75) is 59.9 Å². The molecular weight excluding hydrogens is 436 g/mol. The molecule has 1 aliphatic heterocycles. The van der Waals surface area contributed by atoms with E-state index in [2.05, 4.69) is 36.1 Å². The summed E-state index contributed by atoms with van der Waals surface area (Å²) in [5.41, 5.74) is 3.14. The Morgan fingerprint density at radius 1 is 1.30 bits per heavy atom. The number of H-pyrrole nitrogens is 1. The van der Waals surface area contributed by atoms with Gasteiger partial charge in [-0.15, -0.1) is 11.3 Å². The number of carbonyl (C=O) groups is 2. The fourth-order valence-corrected chi connectivity index (χ4v) is 4.94. The van der Waals surface area contributed by atoms with Gasteiger partial charge in [-0.1, -0.05) is 20.8 Å². The first-order chi connectivity index (χ1) is 15.6. The maximum atomic E-state index is 13.0. The maximum Gasteiger partial charge on any atom is 0.255 e. The number of hydrogen-bond acceptors (Lipinski definition) is 6. The molecule has 1 saturated heterocycles. The van der Waals surface area contributed by atoms with Crippen LogP contribution in [-0.2, 0) is 4.74 Å². The van der Waals surface area contributed by atoms with E-state index >= 15 is 0 Å². The van der Waals surface area contributed by atoms with Gasteiger partial charge in [0.2, 0.25) is 0 Å². The van der Waals surface area contributed by atoms with Crippen LogP contribution >= 0.6 is 11.3 Å². The highest BCUT2D eigenvalue weighted by Crippen LogP contribution is 2.33. The lowest BCUT2D eigenvalue weighted by Crippen LogP contribution is -2.41. The number of ketones is 1. The lowest BCUT2D eigenvalue weighted by molar-refractivity contribution is 0.0602. The lowest BCUT2D eigenvalue weighted by atomic mass is 9.88. The second kappa shape index (κ2) is 9.35. The molecule has 0 unspecified atom stereocenters. The van der Waals surface area contributed by atoms with E-state index in [9.17, 15) is 9.59 Å². The largest absolute Gasteiger partial charge is 0.381 e. The zero-order chi connectivity index (χ0) is 23.8. The summed E-state index contributed by atoms with van der Waals surface area (Å²) in [5.74, 6) is 0.399. The molecule has 7 nitrogen and oxygen atoms in total. The van der Waals surface area contributed by atoms with Crippen molar-refractivity contribution in [2.75, 3.05) is 13.2 Å². The molecule has 3 aromatic rings. The molecule has 0 radical (unpaired) electrons. The number of carbonyl (C=O) groups excluding carboxylic acids is 2. The normalized spacial score (nSPS) is 16.2. The minimum absolute atomic E-state index is 0.00432. The second-order valence-corrected chi connectivity index (χ2v) is 11.1. The summed E-state index contributed by atoms with van der Waals surface area (Å²) in [7, 11) is 0. The highest BCUT2D eigenvalue weighted by atomic mass is 32.1. The van der Waals surface area contributed by atoms with Gasteiger partial charge in [0.25, 0.3) is 5.91 Å². The third-order valence-corrected chi connectivity index (χ3v) is 7.81. The van der Waals surface area contributed by atoms with Crippen molar-refractivity contribution < 1.29 is 14.3 Å². The molecule has 176 valence electrons. The topological polar surface area (TPSA) is 97.0 Å². The summed E-state index contributed by atoms with van der Waals surface area (Å²) in [5, 5.41) is 3.06. The number of nitrogens with one attached hydrogen (secondary N) is 2. The molecule has 1 fully saturated rings. The fourth-order valence-electron chi connectivity index (χ4n) is 3.86. The quantitative estimate of drug-likeness (QED) is 0.487. The van der Waals surface area contributed by atoms with Crippen molar-refractivity contribution in [3.63, 3.8) is 0 Å². The molecule has 1 atom stereocenters. The predicted molar refractivity (Wildman–Crippen MR) is 131 cm³/mol. The van der Waals surface area contributed by atoms with Gasteiger partial charge in [0.15, 0.2) is 11.4 Å². The van der Waals surface area contributed by atoms with Crippen LogP contribution in [0.5, 0.6) is 0 Å². The minimum atomic E-state index is -0.176. The van der Waals surface area contributed by atoms with E-state index in [1.54, 1.807) is 12.4 Å². The van der Waals surface area contributed by atoms with Crippen LogP contribution < -0.4 is 5.32 Å². The van der Waals surface area contributed by atoms with Gasteiger partial charge < -0.3 is 15.0 Å². The van der Waals surface area contributed by atoms with Crippen LogP contribution in [0.15, 0.2) is 18.5 Å². The van der Waals surface area contributed by atoms with E-state index < -0.39 is 0 Å². The Morgan fingerprint density at radius 2 is 2.03 bits per heavy atom. The first kappa shape index (κ1) is 23.6. The molecule has 4 heterocycles. The molecule has 0 spiro atoms. The van der Waals surface area contributed by atoms with Crippen LogP contribution in [0.25, 0.3) is 21.7 Å². The molecular formula is C25H32N4O3S. The Labute approximate surface area is 198 Å². The number of amides is 1. The number of nitrogens with zero attached hydrogens (tertiary/aromatic N) is 2. The summed E-state index contributed by atoms with van der Waals surface area (Å²) in [6.45, 7) is 11.7. The van der Waals surface area contributed by atoms with Crippen molar-refractivity contribution in [2.24, 2.45) is 11.3 Å². The number of thiophene rings is 1. The van der Waals surface area contributed by atoms with Crippen molar-refractivity contribution in [3.05, 3.63) is 34.5 Å². The molecule has 8 heteroatoms. The van der Waals surface area contributed by atoms with E-state index in [0.29, 0.717) is 34.8 Å². The van der Waals surface area contributed by atoms with E-state index in [-0.39, 0.29) is 23.1 Å². The van der Waals surface area contributed by atoms with Crippen molar-refractivity contribution in [3.8, 4) is 10.6 Å². The summed E-state index contributed by atoms with van der Waals surface area (Å²) in [6, 6.07) is 1.99. The maximum absolute atomic E-state index is 13.0. The van der Waals surface area contributed by atoms with Crippen molar-refractivity contribution in [1.82, 2.24) is 20.3 Å². The van der Waals surface area contributed by atoms with Crippen molar-refractivity contribution in [1.29, 1.82) is 0 Å². The monoisotopic (exact) mass is 468 g/mol. The molecule has 1 aliphatic rings. The Kier molecular flexibility index (Phi) is 6.68. The first-order valence-electron chi connectivity index (χ1n) is 11.5. The molecule has 1 amide bonds. The predicted octanol–water partition coefficient (Wildman–Crippen LogP) is 5.16. The molecule has 2 N–H and O–H groups in total. The Balaban J connectivity index is 1.58. The van der Waals surface area contributed by atoms with Gasteiger partial charge in [-0.05, 0) is 49.7 Å².